The molecule has 0 unspecified atom stereocenters. The smallest absolute Gasteiger partial charge is 0 e. The second kappa shape index (κ2) is 62.3. The first-order valence-electron chi connectivity index (χ1n) is 2.21. The first kappa shape index (κ1) is 29.4. The normalized spacial score (nSPS) is 3.40. The van der Waals surface area contributed by atoms with Crippen LogP contribution in [0.2, 0.25) is 0 Å². The molecule has 0 bridgehead atoms. The zero-order valence-electron chi connectivity index (χ0n) is 6.46. The van der Waals surface area contributed by atoms with Crippen molar-refractivity contribution in [2.75, 3.05) is 0 Å². The van der Waals surface area contributed by atoms with Crippen molar-refractivity contribution < 1.29 is 65.4 Å². The maximum absolute atomic E-state index is 4.50. The third kappa shape index (κ3) is 149. The van der Waals surface area contributed by atoms with Gasteiger partial charge in [-0.2, -0.15) is 6.42 Å². The summed E-state index contributed by atoms with van der Waals surface area (Å²) in [5.41, 5.74) is 0. The fourth-order valence-electron chi connectivity index (χ4n) is 0. The van der Waals surface area contributed by atoms with Crippen LogP contribution in [0, 0.1) is 6.92 Å². The predicted molar refractivity (Wildman–Crippen MR) is 44.4 cm³/mol. The summed E-state index contributed by atoms with van der Waals surface area (Å²) in [4.78, 5) is 0. The second-order valence-corrected chi connectivity index (χ2v) is 0.692. The summed E-state index contributed by atoms with van der Waals surface area (Å²) in [5, 5.41) is 0. The Hall–Kier alpha value is 2.53. The Labute approximate surface area is 122 Å². The van der Waals surface area contributed by atoms with E-state index < -0.39 is 0 Å². The van der Waals surface area contributed by atoms with Crippen molar-refractivity contribution in [3.63, 3.8) is 0 Å². The van der Waals surface area contributed by atoms with Crippen molar-refractivity contribution >= 4 is 38.0 Å². The van der Waals surface area contributed by atoms with E-state index in [0.717, 1.165) is 13.5 Å². The molecule has 0 nitrogen and oxygen atoms in total. The van der Waals surface area contributed by atoms with Gasteiger partial charge in [-0.1, -0.05) is 6.92 Å². The molecule has 0 saturated heterocycles. The van der Waals surface area contributed by atoms with Crippen LogP contribution >= 0.6 is 0 Å². The van der Waals surface area contributed by atoms with Gasteiger partial charge in [0.2, 0.25) is 0 Å². The minimum absolute atomic E-state index is 0. The Morgan fingerprint density at radius 1 is 1.20 bits per heavy atom. The van der Waals surface area contributed by atoms with Crippen LogP contribution in [-0.2, 0) is 65.4 Å². The topological polar surface area (TPSA) is 0 Å². The molecule has 0 aromatic carbocycles. The largest absolute Gasteiger partial charge is 0.344 e. The van der Waals surface area contributed by atoms with Crippen LogP contribution in [0.3, 0.4) is 0 Å². The Balaban J connectivity index is -0.0000000116. The molecular weight excluding hydrogens is 268 g/mol. The van der Waals surface area contributed by atoms with Gasteiger partial charge in [0.15, 0.2) is 0 Å². The fraction of sp³-hybridized carbons (Fsp3) is 0.667. The molecular formula is C3H7B5Y2-. The van der Waals surface area contributed by atoms with Crippen molar-refractivity contribution in [3.8, 4) is 0 Å². The third-order valence-corrected chi connectivity index (χ3v) is 0. The van der Waals surface area contributed by atoms with E-state index in [-0.39, 0.29) is 65.4 Å². The monoisotopic (exact) mass is 276 g/mol. The molecule has 0 amide bonds. The Morgan fingerprint density at radius 3 is 1.20 bits per heavy atom. The van der Waals surface area contributed by atoms with Crippen LogP contribution in [0.25, 0.3) is 0 Å². The molecule has 0 heterocycles. The van der Waals surface area contributed by atoms with Crippen molar-refractivity contribution in [2.45, 2.75) is 13.3 Å². The number of rotatable bonds is 0. The minimum Gasteiger partial charge on any atom is -0.344 e. The molecule has 10 heavy (non-hydrogen) atoms. The molecule has 0 aliphatic heterocycles. The van der Waals surface area contributed by atoms with Crippen LogP contribution in [0.15, 0.2) is 0 Å². The number of hydrogen-bond acceptors (Lipinski definition) is 0. The molecule has 0 N–H and O–H groups in total. The molecule has 0 fully saturated rings. The van der Waals surface area contributed by atoms with Crippen molar-refractivity contribution in [1.82, 2.24) is 0 Å². The van der Waals surface area contributed by atoms with Gasteiger partial charge in [-0.15, -0.1) is 0 Å². The Bertz CT molecular complexity index is 16.9. The Morgan fingerprint density at radius 2 is 1.20 bits per heavy atom. The molecule has 0 aliphatic rings. The van der Waals surface area contributed by atoms with Gasteiger partial charge in [-0.3, -0.25) is 0 Å². The maximum atomic E-state index is 4.50. The fourth-order valence-corrected chi connectivity index (χ4v) is 0. The molecule has 0 saturated carbocycles. The van der Waals surface area contributed by atoms with Crippen LogP contribution in [0.1, 0.15) is 13.3 Å². The first-order valence-corrected chi connectivity index (χ1v) is 2.21. The molecule has 0 aromatic heterocycles. The van der Waals surface area contributed by atoms with E-state index >= 15 is 0 Å². The van der Waals surface area contributed by atoms with Gasteiger partial charge in [-0.05, 0) is 0 Å². The van der Waals surface area contributed by atoms with Crippen LogP contribution in [0.4, 0.5) is 0 Å². The standard InChI is InChI=1S/C3H7.B3.B2.2Y/c2*1-3-2;1-2;;/h1,3H2,2H3;;;;/q-1;;;;. The summed E-state index contributed by atoms with van der Waals surface area (Å²) in [5.74, 6) is 0. The molecule has 0 aromatic rings. The van der Waals surface area contributed by atoms with Crippen LogP contribution in [-0.4, -0.2) is 38.0 Å². The maximum Gasteiger partial charge on any atom is 0 e. The van der Waals surface area contributed by atoms with Gasteiger partial charge in [0.05, 0.1) is 0 Å². The van der Waals surface area contributed by atoms with Crippen LogP contribution in [0.5, 0.6) is 0 Å². The summed E-state index contributed by atoms with van der Waals surface area (Å²) in [6.07, 6.45) is 1.00. The molecule has 0 spiro atoms. The summed E-state index contributed by atoms with van der Waals surface area (Å²) >= 11 is 0. The number of hydrogen-bond donors (Lipinski definition) is 0. The molecule has 0 rings (SSSR count). The van der Waals surface area contributed by atoms with Crippen molar-refractivity contribution in [2.24, 2.45) is 0 Å². The average Bonchev–Trinajstić information content (AvgIpc) is 1.75. The zero-order chi connectivity index (χ0) is 7.41. The quantitative estimate of drug-likeness (QED) is 0.406. The summed E-state index contributed by atoms with van der Waals surface area (Å²) < 4.78 is 0. The van der Waals surface area contributed by atoms with Gasteiger partial charge >= 0.3 is 0 Å². The zero-order valence-corrected chi connectivity index (χ0v) is 12.1. The molecule has 0 aliphatic carbocycles. The van der Waals surface area contributed by atoms with Gasteiger partial charge in [0, 0.05) is 103 Å². The van der Waals surface area contributed by atoms with Gasteiger partial charge < -0.3 is 6.92 Å². The molecule has 11 radical (unpaired) electrons. The van der Waals surface area contributed by atoms with Gasteiger partial charge in [0.25, 0.3) is 0 Å². The van der Waals surface area contributed by atoms with Crippen LogP contribution < -0.4 is 0 Å². The van der Waals surface area contributed by atoms with Crippen molar-refractivity contribution in [3.05, 3.63) is 6.92 Å². The van der Waals surface area contributed by atoms with E-state index in [2.05, 4.69) is 37.9 Å². The molecule has 41 valence electrons. The third-order valence-electron chi connectivity index (χ3n) is 0. The SMILES string of the molecule is [B][B].[B][B][B].[CH2-]CC.[Y].[Y]. The summed E-state index contributed by atoms with van der Waals surface area (Å²) in [6, 6.07) is 0. The van der Waals surface area contributed by atoms with E-state index in [4.69, 9.17) is 0 Å². The van der Waals surface area contributed by atoms with E-state index in [1.54, 1.807) is 0 Å². The van der Waals surface area contributed by atoms with Gasteiger partial charge in [0.1, 0.15) is 0 Å². The average molecular weight is 275 g/mol. The first-order chi connectivity index (χ1) is 3.83. The van der Waals surface area contributed by atoms with E-state index in [0.29, 0.717) is 0 Å². The van der Waals surface area contributed by atoms with Gasteiger partial charge in [-0.25, -0.2) is 0 Å². The van der Waals surface area contributed by atoms with E-state index in [1.165, 1.54) is 0 Å². The second-order valence-electron chi connectivity index (χ2n) is 0.692. The van der Waals surface area contributed by atoms with Crippen molar-refractivity contribution in [1.29, 1.82) is 0 Å². The Kier molecular flexibility index (Phi) is 183. The predicted octanol–water partition coefficient (Wildman–Crippen LogP) is -0.679. The van der Waals surface area contributed by atoms with E-state index in [9.17, 15) is 0 Å². The summed E-state index contributed by atoms with van der Waals surface area (Å²) in [7, 11) is 18.0. The van der Waals surface area contributed by atoms with E-state index in [1.807, 2.05) is 6.92 Å². The minimum atomic E-state index is 0. The summed E-state index contributed by atoms with van der Waals surface area (Å²) in [6.45, 7) is 5.50. The molecule has 0 atom stereocenters. The molecule has 7 heteroatoms.